The van der Waals surface area contributed by atoms with E-state index in [2.05, 4.69) is 10.1 Å². The number of nitrogens with two attached hydrogens (primary N) is 2. The Morgan fingerprint density at radius 2 is 1.86 bits per heavy atom. The van der Waals surface area contributed by atoms with Gasteiger partial charge in [0, 0.05) is 36.0 Å². The largest absolute Gasteiger partial charge is 0.387 e. The smallest absolute Gasteiger partial charge is 0.275 e. The highest BCUT2D eigenvalue weighted by atomic mass is 16.2. The van der Waals surface area contributed by atoms with Crippen molar-refractivity contribution in [3.8, 4) is 11.1 Å². The lowest BCUT2D eigenvalue weighted by atomic mass is 9.99. The third-order valence-electron chi connectivity index (χ3n) is 5.95. The number of aromatic nitrogens is 2. The Morgan fingerprint density at radius 3 is 2.56 bits per heavy atom. The van der Waals surface area contributed by atoms with Crippen LogP contribution in [0.25, 0.3) is 28.0 Å². The van der Waals surface area contributed by atoms with Gasteiger partial charge in [0.25, 0.3) is 5.56 Å². The van der Waals surface area contributed by atoms with Gasteiger partial charge in [-0.2, -0.15) is 5.10 Å². The topological polar surface area (TPSA) is 137 Å². The molecule has 4 N–H and O–H groups in total. The molecule has 2 heterocycles. The first-order valence-corrected chi connectivity index (χ1v) is 12.0. The first kappa shape index (κ1) is 23.5. The van der Waals surface area contributed by atoms with Gasteiger partial charge in [0.1, 0.15) is 12.4 Å². The molecule has 0 fully saturated rings. The molecule has 0 saturated carbocycles. The van der Waals surface area contributed by atoms with Crippen molar-refractivity contribution in [3.63, 3.8) is 0 Å². The fraction of sp³-hybridized carbons (Fsp3) is 0.296. The normalized spacial score (nSPS) is 13.3. The van der Waals surface area contributed by atoms with Gasteiger partial charge in [-0.1, -0.05) is 32.0 Å². The summed E-state index contributed by atoms with van der Waals surface area (Å²) in [5, 5.41) is 5.03. The van der Waals surface area contributed by atoms with Crippen LogP contribution in [0.1, 0.15) is 40.0 Å². The highest BCUT2D eigenvalue weighted by molar-refractivity contribution is 6.05. The Bertz CT molecular complexity index is 1500. The summed E-state index contributed by atoms with van der Waals surface area (Å²) in [7, 11) is 0. The van der Waals surface area contributed by atoms with Gasteiger partial charge in [-0.05, 0) is 48.2 Å². The van der Waals surface area contributed by atoms with Gasteiger partial charge in [0.05, 0.1) is 18.6 Å². The maximum Gasteiger partial charge on any atom is 0.275 e. The van der Waals surface area contributed by atoms with E-state index < -0.39 is 11.5 Å². The van der Waals surface area contributed by atoms with Gasteiger partial charge in [-0.25, -0.2) is 9.67 Å². The molecule has 0 spiro atoms. The molecular weight excluding hydrogens is 456 g/mol. The van der Waals surface area contributed by atoms with Crippen molar-refractivity contribution < 1.29 is 11.0 Å². The summed E-state index contributed by atoms with van der Waals surface area (Å²) < 4.78 is 9.73. The molecule has 0 aliphatic carbocycles. The average molecular weight is 488 g/mol. The van der Waals surface area contributed by atoms with Gasteiger partial charge in [0.2, 0.25) is 11.8 Å². The van der Waals surface area contributed by atoms with E-state index in [4.69, 9.17) is 12.8 Å². The fourth-order valence-electron chi connectivity index (χ4n) is 4.31. The molecule has 4 rings (SSSR count). The zero-order valence-corrected chi connectivity index (χ0v) is 20.5. The molecular formula is C27H30N6O3. The van der Waals surface area contributed by atoms with Gasteiger partial charge < -0.3 is 16.4 Å². The van der Waals surface area contributed by atoms with Crippen LogP contribution in [0.2, 0.25) is 0 Å². The van der Waals surface area contributed by atoms with Gasteiger partial charge in [-0.15, -0.1) is 0 Å². The molecule has 0 atom stereocenters. The van der Waals surface area contributed by atoms with E-state index in [-0.39, 0.29) is 24.9 Å². The second kappa shape index (κ2) is 10.6. The number of amides is 2. The van der Waals surface area contributed by atoms with Gasteiger partial charge in [0.15, 0.2) is 0 Å². The van der Waals surface area contributed by atoms with Crippen molar-refractivity contribution in [2.24, 2.45) is 16.5 Å². The predicted molar refractivity (Wildman–Crippen MR) is 142 cm³/mol. The Kier molecular flexibility index (Phi) is 6.88. The lowest BCUT2D eigenvalue weighted by Crippen LogP contribution is -2.34. The highest BCUT2D eigenvalue weighted by Crippen LogP contribution is 2.33. The van der Waals surface area contributed by atoms with Crippen LogP contribution in [-0.2, 0) is 16.1 Å². The van der Waals surface area contributed by atoms with Crippen LogP contribution in [0.4, 0.5) is 5.69 Å². The number of primary amides is 1. The van der Waals surface area contributed by atoms with Crippen LogP contribution >= 0.6 is 0 Å². The first-order valence-electron chi connectivity index (χ1n) is 12.5. The average Bonchev–Trinajstić information content (AvgIpc) is 3.03. The number of hydrogen-bond donors (Lipinski definition) is 2. The maximum atomic E-state index is 13.2. The third-order valence-corrected chi connectivity index (χ3v) is 5.95. The van der Waals surface area contributed by atoms with E-state index in [1.165, 1.54) is 6.20 Å². The molecule has 0 unspecified atom stereocenters. The second-order valence-electron chi connectivity index (χ2n) is 8.80. The van der Waals surface area contributed by atoms with Gasteiger partial charge in [-0.3, -0.25) is 14.4 Å². The lowest BCUT2D eigenvalue weighted by molar-refractivity contribution is -0.127. The van der Waals surface area contributed by atoms with E-state index in [1.807, 2.05) is 24.8 Å². The van der Waals surface area contributed by atoms with Gasteiger partial charge >= 0.3 is 0 Å². The lowest BCUT2D eigenvalue weighted by Gasteiger charge is -2.22. The van der Waals surface area contributed by atoms with Crippen LogP contribution in [0.3, 0.4) is 0 Å². The Balaban J connectivity index is 1.75. The molecule has 1 aliphatic heterocycles. The SMILES string of the molecule is [2H]c1cc(-c2ccc3c(=O)n(CC(N)=O)ncc3c2)cc2c1C=C(C(=O)N(CCC)CCC)CC(N)=N2. The maximum absolute atomic E-state index is 13.2. The molecule has 2 amide bonds. The zero-order chi connectivity index (χ0) is 26.7. The molecule has 36 heavy (non-hydrogen) atoms. The van der Waals surface area contributed by atoms with E-state index in [0.29, 0.717) is 52.1 Å². The monoisotopic (exact) mass is 487 g/mol. The summed E-state index contributed by atoms with van der Waals surface area (Å²) in [5.41, 5.74) is 14.0. The number of carbonyl (C=O) groups excluding carboxylic acids is 2. The van der Waals surface area contributed by atoms with Crippen molar-refractivity contribution in [2.45, 2.75) is 39.7 Å². The number of amidine groups is 1. The van der Waals surface area contributed by atoms with Crippen LogP contribution in [0.15, 0.2) is 57.9 Å². The highest BCUT2D eigenvalue weighted by Gasteiger charge is 2.21. The predicted octanol–water partition coefficient (Wildman–Crippen LogP) is 2.97. The fourth-order valence-corrected chi connectivity index (χ4v) is 4.31. The molecule has 1 aliphatic rings. The summed E-state index contributed by atoms with van der Waals surface area (Å²) >= 11 is 0. The Morgan fingerprint density at radius 1 is 1.14 bits per heavy atom. The molecule has 0 bridgehead atoms. The van der Waals surface area contributed by atoms with Crippen molar-refractivity contribution in [3.05, 3.63) is 64.1 Å². The quantitative estimate of drug-likeness (QED) is 0.503. The molecule has 0 saturated heterocycles. The molecule has 9 heteroatoms. The number of benzene rings is 2. The number of rotatable bonds is 8. The Labute approximate surface area is 210 Å². The molecule has 9 nitrogen and oxygen atoms in total. The molecule has 1 aromatic heterocycles. The summed E-state index contributed by atoms with van der Waals surface area (Å²) in [6, 6.07) is 8.95. The van der Waals surface area contributed by atoms with Crippen LogP contribution < -0.4 is 17.0 Å². The molecule has 186 valence electrons. The van der Waals surface area contributed by atoms with Crippen molar-refractivity contribution >= 4 is 40.2 Å². The number of hydrogen-bond acceptors (Lipinski definition) is 6. The summed E-state index contributed by atoms with van der Waals surface area (Å²) in [6.45, 7) is 5.09. The number of nitrogens with zero attached hydrogens (tertiary/aromatic N) is 4. The minimum Gasteiger partial charge on any atom is -0.387 e. The minimum absolute atomic E-state index is 0.0813. The summed E-state index contributed by atoms with van der Waals surface area (Å²) in [5.74, 6) is -0.427. The van der Waals surface area contributed by atoms with Crippen LogP contribution in [0, 0.1) is 0 Å². The molecule has 2 aromatic carbocycles. The standard InChI is InChI=1S/C27H30N6O3/c1-3-9-32(10-4-2)26(35)20-12-19-6-5-18(13-23(19)31-24(28)14-20)17-7-8-22-21(11-17)15-30-33(27(22)36)16-25(29)34/h5-8,11-13,15H,3-4,9-10,14,16H2,1-2H3,(H2,28,31)(H2,29,34)/i6D. The second-order valence-corrected chi connectivity index (χ2v) is 8.80. The molecule has 0 radical (unpaired) electrons. The van der Waals surface area contributed by atoms with E-state index >= 15 is 0 Å². The van der Waals surface area contributed by atoms with E-state index in [1.54, 1.807) is 30.3 Å². The van der Waals surface area contributed by atoms with Crippen LogP contribution in [0.5, 0.6) is 0 Å². The van der Waals surface area contributed by atoms with Crippen molar-refractivity contribution in [1.82, 2.24) is 14.7 Å². The Hall–Kier alpha value is -4.27. The number of carbonyl (C=O) groups is 2. The number of fused-ring (bicyclic) bond motifs is 2. The van der Waals surface area contributed by atoms with E-state index in [9.17, 15) is 14.4 Å². The summed E-state index contributed by atoms with van der Waals surface area (Å²) in [6.07, 6.45) is 5.16. The van der Waals surface area contributed by atoms with Crippen molar-refractivity contribution in [2.75, 3.05) is 13.1 Å². The molecule has 3 aromatic rings. The van der Waals surface area contributed by atoms with Crippen molar-refractivity contribution in [1.29, 1.82) is 0 Å². The number of aliphatic imine (C=N–C) groups is 1. The van der Waals surface area contributed by atoms with Crippen LogP contribution in [-0.4, -0.2) is 45.4 Å². The zero-order valence-electron chi connectivity index (χ0n) is 21.5. The van der Waals surface area contributed by atoms with E-state index in [0.717, 1.165) is 23.1 Å². The first-order chi connectivity index (χ1) is 17.7. The third kappa shape index (κ3) is 5.19. The minimum atomic E-state index is -0.652. The summed E-state index contributed by atoms with van der Waals surface area (Å²) in [4.78, 5) is 43.4.